The number of benzene rings is 3. The highest BCUT2D eigenvalue weighted by atomic mass is 79.9. The van der Waals surface area contributed by atoms with E-state index >= 15 is 0 Å². The Morgan fingerprint density at radius 2 is 1.61 bits per heavy atom. The van der Waals surface area contributed by atoms with Crippen molar-refractivity contribution in [1.29, 1.82) is 0 Å². The van der Waals surface area contributed by atoms with Gasteiger partial charge < -0.3 is 4.74 Å². The lowest BCUT2D eigenvalue weighted by atomic mass is 9.96. The number of fused-ring (bicyclic) bond motifs is 3. The van der Waals surface area contributed by atoms with Gasteiger partial charge in [-0.2, -0.15) is 5.10 Å². The maximum atomic E-state index is 6.36. The molecule has 0 radical (unpaired) electrons. The molecule has 0 spiro atoms. The van der Waals surface area contributed by atoms with E-state index in [9.17, 15) is 0 Å². The lowest BCUT2D eigenvalue weighted by Crippen LogP contribution is -2.33. The van der Waals surface area contributed by atoms with Crippen LogP contribution in [-0.4, -0.2) is 10.7 Å². The summed E-state index contributed by atoms with van der Waals surface area (Å²) in [6.07, 6.45) is 0.499. The Labute approximate surface area is 181 Å². The summed E-state index contributed by atoms with van der Waals surface area (Å²) < 4.78 is 7.39. The van der Waals surface area contributed by atoms with Crippen LogP contribution in [0.4, 0.5) is 0 Å². The summed E-state index contributed by atoms with van der Waals surface area (Å²) in [4.78, 5) is 0. The molecule has 2 heterocycles. The van der Waals surface area contributed by atoms with Gasteiger partial charge in [0.1, 0.15) is 5.75 Å². The molecule has 0 aliphatic carbocycles. The second-order valence-electron chi connectivity index (χ2n) is 6.86. The van der Waals surface area contributed by atoms with Crippen molar-refractivity contribution in [2.24, 2.45) is 5.10 Å². The molecule has 3 aromatic rings. The molecule has 2 aliphatic rings. The summed E-state index contributed by atoms with van der Waals surface area (Å²) >= 11 is 15.7. The number of ether oxygens (including phenoxy) is 1. The third-order valence-corrected chi connectivity index (χ3v) is 6.08. The number of halogens is 3. The normalized spacial score (nSPS) is 20.2. The smallest absolute Gasteiger partial charge is 0.213 e. The van der Waals surface area contributed by atoms with Crippen molar-refractivity contribution in [3.05, 3.63) is 97.9 Å². The largest absolute Gasteiger partial charge is 0.464 e. The number of hydrogen-bond donors (Lipinski definition) is 0. The van der Waals surface area contributed by atoms with E-state index in [2.05, 4.69) is 27.0 Å². The minimum absolute atomic E-state index is 0.104. The Kier molecular flexibility index (Phi) is 4.58. The lowest BCUT2D eigenvalue weighted by molar-refractivity contribution is -0.0190. The Bertz CT molecular complexity index is 1070. The predicted molar refractivity (Wildman–Crippen MR) is 116 cm³/mol. The third kappa shape index (κ3) is 3.20. The van der Waals surface area contributed by atoms with Crippen LogP contribution in [0.5, 0.6) is 5.75 Å². The van der Waals surface area contributed by atoms with Gasteiger partial charge in [0, 0.05) is 32.1 Å². The first-order valence-electron chi connectivity index (χ1n) is 8.92. The highest BCUT2D eigenvalue weighted by Gasteiger charge is 2.41. The van der Waals surface area contributed by atoms with Crippen LogP contribution in [0, 0.1) is 0 Å². The van der Waals surface area contributed by atoms with E-state index in [1.54, 1.807) is 0 Å². The fourth-order valence-corrected chi connectivity index (χ4v) is 4.35. The van der Waals surface area contributed by atoms with Crippen LogP contribution in [-0.2, 0) is 0 Å². The van der Waals surface area contributed by atoms with Crippen LogP contribution in [0.2, 0.25) is 10.0 Å². The average molecular weight is 474 g/mol. The Balaban J connectivity index is 1.59. The topological polar surface area (TPSA) is 24.8 Å². The quantitative estimate of drug-likeness (QED) is 0.400. The van der Waals surface area contributed by atoms with Gasteiger partial charge in [0.25, 0.3) is 0 Å². The van der Waals surface area contributed by atoms with Crippen molar-refractivity contribution < 1.29 is 4.74 Å². The molecule has 0 amide bonds. The Morgan fingerprint density at radius 1 is 0.929 bits per heavy atom. The molecule has 3 aromatic carbocycles. The maximum Gasteiger partial charge on any atom is 0.213 e. The number of rotatable bonds is 2. The molecular formula is C22H15BrCl2N2O. The minimum Gasteiger partial charge on any atom is -0.464 e. The fourth-order valence-electron chi connectivity index (χ4n) is 3.72. The molecule has 140 valence electrons. The second-order valence-corrected chi connectivity index (χ2v) is 8.65. The number of hydrazone groups is 1. The molecular weight excluding hydrogens is 459 g/mol. The van der Waals surface area contributed by atoms with E-state index in [1.165, 1.54) is 0 Å². The lowest BCUT2D eigenvalue weighted by Gasteiger charge is -2.38. The summed E-state index contributed by atoms with van der Waals surface area (Å²) in [6.45, 7) is 0. The van der Waals surface area contributed by atoms with Gasteiger partial charge >= 0.3 is 0 Å². The zero-order valence-corrected chi connectivity index (χ0v) is 17.7. The summed E-state index contributed by atoms with van der Waals surface area (Å²) in [6, 6.07) is 21.8. The van der Waals surface area contributed by atoms with Gasteiger partial charge in [0.15, 0.2) is 0 Å². The van der Waals surface area contributed by atoms with E-state index < -0.39 is 0 Å². The van der Waals surface area contributed by atoms with E-state index in [1.807, 2.05) is 60.7 Å². The molecule has 0 aromatic heterocycles. The summed E-state index contributed by atoms with van der Waals surface area (Å²) in [5.74, 6) is 0.886. The van der Waals surface area contributed by atoms with E-state index in [0.717, 1.165) is 44.1 Å². The molecule has 6 heteroatoms. The van der Waals surface area contributed by atoms with Gasteiger partial charge in [-0.05, 0) is 48.0 Å². The third-order valence-electron chi connectivity index (χ3n) is 5.08. The van der Waals surface area contributed by atoms with Crippen LogP contribution in [0.15, 0.2) is 76.3 Å². The van der Waals surface area contributed by atoms with Crippen LogP contribution in [0.1, 0.15) is 35.4 Å². The van der Waals surface area contributed by atoms with Crippen LogP contribution in [0.3, 0.4) is 0 Å². The molecule has 2 aliphatic heterocycles. The van der Waals surface area contributed by atoms with Crippen molar-refractivity contribution >= 4 is 44.8 Å². The van der Waals surface area contributed by atoms with E-state index in [0.29, 0.717) is 5.02 Å². The molecule has 0 bridgehead atoms. The highest BCUT2D eigenvalue weighted by molar-refractivity contribution is 9.10. The predicted octanol–water partition coefficient (Wildman–Crippen LogP) is 7.00. The molecule has 5 rings (SSSR count). The van der Waals surface area contributed by atoms with Gasteiger partial charge in [-0.25, -0.2) is 5.01 Å². The van der Waals surface area contributed by atoms with Crippen molar-refractivity contribution in [1.82, 2.24) is 5.01 Å². The maximum absolute atomic E-state index is 6.36. The molecule has 28 heavy (non-hydrogen) atoms. The molecule has 0 saturated carbocycles. The summed E-state index contributed by atoms with van der Waals surface area (Å²) in [5, 5.41) is 8.43. The Hall–Kier alpha value is -2.01. The number of hydrogen-bond acceptors (Lipinski definition) is 3. The van der Waals surface area contributed by atoms with Gasteiger partial charge in [0.05, 0.1) is 11.8 Å². The Morgan fingerprint density at radius 3 is 2.32 bits per heavy atom. The zero-order valence-electron chi connectivity index (χ0n) is 14.6. The standard InChI is InChI=1S/C22H15BrCl2N2O/c23-15-5-10-21-18(11-15)20-12-19(13-1-6-16(24)7-2-13)26-27(20)22(28-21)14-3-8-17(25)9-4-14/h1-11,20,22H,12H2/t20-,22+/m0/s1. The van der Waals surface area contributed by atoms with Crippen LogP contribution >= 0.6 is 39.1 Å². The molecule has 2 atom stereocenters. The van der Waals surface area contributed by atoms with Crippen molar-refractivity contribution in [2.45, 2.75) is 18.7 Å². The van der Waals surface area contributed by atoms with Crippen molar-refractivity contribution in [2.75, 3.05) is 0 Å². The van der Waals surface area contributed by atoms with Gasteiger partial charge in [-0.1, -0.05) is 63.4 Å². The molecule has 3 nitrogen and oxygen atoms in total. The molecule has 0 saturated heterocycles. The van der Waals surface area contributed by atoms with Gasteiger partial charge in [-0.3, -0.25) is 0 Å². The molecule has 0 unspecified atom stereocenters. The van der Waals surface area contributed by atoms with Crippen LogP contribution in [0.25, 0.3) is 0 Å². The average Bonchev–Trinajstić information content (AvgIpc) is 3.14. The SMILES string of the molecule is Clc1ccc(C2=NN3[C@@H](c4ccc(Cl)cc4)Oc4ccc(Br)cc4[C@@H]3C2)cc1. The van der Waals surface area contributed by atoms with Crippen LogP contribution < -0.4 is 4.74 Å². The number of nitrogens with zero attached hydrogens (tertiary/aromatic N) is 2. The van der Waals surface area contributed by atoms with E-state index in [4.69, 9.17) is 33.0 Å². The highest BCUT2D eigenvalue weighted by Crippen LogP contribution is 2.48. The van der Waals surface area contributed by atoms with E-state index in [-0.39, 0.29) is 12.3 Å². The minimum atomic E-state index is -0.305. The second kappa shape index (κ2) is 7.11. The molecule has 0 fully saturated rings. The van der Waals surface area contributed by atoms with Gasteiger partial charge in [0.2, 0.25) is 6.23 Å². The molecule has 0 N–H and O–H groups in total. The first-order chi connectivity index (χ1) is 13.6. The van der Waals surface area contributed by atoms with Crippen molar-refractivity contribution in [3.8, 4) is 5.75 Å². The monoisotopic (exact) mass is 472 g/mol. The summed E-state index contributed by atoms with van der Waals surface area (Å²) in [5.41, 5.74) is 4.25. The fraction of sp³-hybridized carbons (Fsp3) is 0.136. The first-order valence-corrected chi connectivity index (χ1v) is 10.5. The first kappa shape index (κ1) is 18.0. The van der Waals surface area contributed by atoms with Gasteiger partial charge in [-0.15, -0.1) is 0 Å². The van der Waals surface area contributed by atoms with Crippen molar-refractivity contribution in [3.63, 3.8) is 0 Å². The summed E-state index contributed by atoms with van der Waals surface area (Å²) in [7, 11) is 0. The zero-order chi connectivity index (χ0) is 19.3.